The van der Waals surface area contributed by atoms with Crippen molar-refractivity contribution in [3.8, 4) is 23.7 Å². The number of hydrogen-bond acceptors (Lipinski definition) is 4. The van der Waals surface area contributed by atoms with E-state index in [2.05, 4.69) is 27.2 Å². The van der Waals surface area contributed by atoms with Gasteiger partial charge in [0, 0.05) is 56.2 Å². The van der Waals surface area contributed by atoms with Crippen molar-refractivity contribution in [3.63, 3.8) is 0 Å². The number of alkyl halides is 1. The normalized spacial score (nSPS) is 17.3. The molecule has 2 heterocycles. The van der Waals surface area contributed by atoms with Gasteiger partial charge in [0.05, 0.1) is 6.61 Å². The molecular weight excluding hydrogens is 467 g/mol. The van der Waals surface area contributed by atoms with E-state index in [-0.39, 0.29) is 18.7 Å². The van der Waals surface area contributed by atoms with Crippen molar-refractivity contribution in [1.82, 2.24) is 20.1 Å². The standard InChI is InChI=1S/C30H33FN4O2/c1-4-21-8-10-23(11-9-21)30(31)13-15-35(16-14-30)29(36)24-19-26(25(18-20(24)2)22-6-5-7-22)28-32-27(33-34-28)12-17-37-3/h1,8-11,18-19,22H,5-7,12-17H2,2-3H3,(H,32,33,34). The Morgan fingerprint density at radius 3 is 2.57 bits per heavy atom. The Morgan fingerprint density at radius 2 is 1.95 bits per heavy atom. The van der Waals surface area contributed by atoms with Crippen LogP contribution in [-0.4, -0.2) is 52.8 Å². The molecule has 0 spiro atoms. The van der Waals surface area contributed by atoms with E-state index >= 15 is 4.39 Å². The third-order valence-corrected chi connectivity index (χ3v) is 7.92. The molecule has 1 saturated heterocycles. The number of benzene rings is 2. The second kappa shape index (κ2) is 10.5. The van der Waals surface area contributed by atoms with Gasteiger partial charge < -0.3 is 14.6 Å². The van der Waals surface area contributed by atoms with E-state index in [0.29, 0.717) is 49.0 Å². The molecule has 6 nitrogen and oxygen atoms in total. The molecule has 1 N–H and O–H groups in total. The summed E-state index contributed by atoms with van der Waals surface area (Å²) in [5, 5.41) is 8.68. The molecule has 0 unspecified atom stereocenters. The first-order chi connectivity index (χ1) is 17.9. The lowest BCUT2D eigenvalue weighted by Gasteiger charge is -2.37. The molecule has 37 heavy (non-hydrogen) atoms. The summed E-state index contributed by atoms with van der Waals surface area (Å²) in [5.74, 6) is 4.41. The zero-order chi connectivity index (χ0) is 26.0. The number of H-pyrrole nitrogens is 1. The first-order valence-corrected chi connectivity index (χ1v) is 13.0. The minimum atomic E-state index is -1.46. The van der Waals surface area contributed by atoms with Crippen LogP contribution in [0.25, 0.3) is 11.4 Å². The lowest BCUT2D eigenvalue weighted by atomic mass is 9.77. The van der Waals surface area contributed by atoms with Gasteiger partial charge >= 0.3 is 0 Å². The smallest absolute Gasteiger partial charge is 0.254 e. The molecule has 2 fully saturated rings. The van der Waals surface area contributed by atoms with E-state index in [1.807, 2.05) is 13.0 Å². The van der Waals surface area contributed by atoms with Crippen molar-refractivity contribution in [2.24, 2.45) is 0 Å². The zero-order valence-electron chi connectivity index (χ0n) is 21.5. The lowest BCUT2D eigenvalue weighted by molar-refractivity contribution is 0.0421. The topological polar surface area (TPSA) is 71.1 Å². The lowest BCUT2D eigenvalue weighted by Crippen LogP contribution is -2.43. The highest BCUT2D eigenvalue weighted by molar-refractivity contribution is 5.97. The van der Waals surface area contributed by atoms with E-state index in [1.54, 1.807) is 36.3 Å². The van der Waals surface area contributed by atoms with Gasteiger partial charge in [-0.2, -0.15) is 0 Å². The van der Waals surface area contributed by atoms with E-state index in [4.69, 9.17) is 11.2 Å². The Balaban J connectivity index is 1.38. The molecule has 0 atom stereocenters. The van der Waals surface area contributed by atoms with Crippen molar-refractivity contribution in [2.75, 3.05) is 26.8 Å². The Morgan fingerprint density at radius 1 is 1.22 bits per heavy atom. The fourth-order valence-electron chi connectivity index (χ4n) is 5.34. The summed E-state index contributed by atoms with van der Waals surface area (Å²) < 4.78 is 21.0. The van der Waals surface area contributed by atoms with Gasteiger partial charge in [0.1, 0.15) is 11.5 Å². The predicted molar refractivity (Wildman–Crippen MR) is 141 cm³/mol. The van der Waals surface area contributed by atoms with Crippen LogP contribution in [0.2, 0.25) is 0 Å². The highest BCUT2D eigenvalue weighted by Crippen LogP contribution is 2.42. The number of ether oxygens (including phenoxy) is 1. The van der Waals surface area contributed by atoms with Crippen molar-refractivity contribution >= 4 is 5.91 Å². The maximum atomic E-state index is 15.8. The first kappa shape index (κ1) is 25.2. The number of nitrogens with zero attached hydrogens (tertiary/aromatic N) is 3. The van der Waals surface area contributed by atoms with Crippen molar-refractivity contribution in [1.29, 1.82) is 0 Å². The average molecular weight is 501 g/mol. The Bertz CT molecular complexity index is 1310. The molecule has 1 aromatic heterocycles. The molecule has 5 rings (SSSR count). The number of aryl methyl sites for hydroxylation is 1. The van der Waals surface area contributed by atoms with Crippen LogP contribution in [-0.2, 0) is 16.8 Å². The number of aromatic nitrogens is 3. The van der Waals surface area contributed by atoms with Gasteiger partial charge in [-0.05, 0) is 60.6 Å². The van der Waals surface area contributed by atoms with Gasteiger partial charge in [-0.15, -0.1) is 16.6 Å². The number of carbonyl (C=O) groups excluding carboxylic acids is 1. The van der Waals surface area contributed by atoms with Gasteiger partial charge in [0.25, 0.3) is 5.91 Å². The molecule has 1 aliphatic carbocycles. The van der Waals surface area contributed by atoms with Crippen molar-refractivity contribution in [2.45, 2.75) is 57.0 Å². The Kier molecular flexibility index (Phi) is 7.12. The minimum absolute atomic E-state index is 0.0669. The monoisotopic (exact) mass is 500 g/mol. The van der Waals surface area contributed by atoms with Crippen LogP contribution in [0.1, 0.15) is 76.5 Å². The molecule has 1 saturated carbocycles. The molecule has 3 aromatic rings. The van der Waals surface area contributed by atoms with E-state index in [1.165, 1.54) is 12.0 Å². The number of carbonyl (C=O) groups is 1. The van der Waals surface area contributed by atoms with Crippen LogP contribution in [0.15, 0.2) is 36.4 Å². The Hall–Kier alpha value is -3.50. The second-order valence-electron chi connectivity index (χ2n) is 10.2. The third kappa shape index (κ3) is 5.03. The maximum Gasteiger partial charge on any atom is 0.254 e. The van der Waals surface area contributed by atoms with E-state index < -0.39 is 5.67 Å². The number of piperidine rings is 1. The van der Waals surface area contributed by atoms with E-state index in [9.17, 15) is 4.79 Å². The number of aromatic amines is 1. The number of halogens is 1. The van der Waals surface area contributed by atoms with Crippen LogP contribution in [0.5, 0.6) is 0 Å². The number of hydrogen-bond donors (Lipinski definition) is 1. The fourth-order valence-corrected chi connectivity index (χ4v) is 5.34. The van der Waals surface area contributed by atoms with Gasteiger partial charge in [-0.25, -0.2) is 4.39 Å². The fraction of sp³-hybridized carbons (Fsp3) is 0.433. The van der Waals surface area contributed by atoms with Crippen molar-refractivity contribution < 1.29 is 13.9 Å². The summed E-state index contributed by atoms with van der Waals surface area (Å²) in [6.07, 6.45) is 10.1. The van der Waals surface area contributed by atoms with Crippen molar-refractivity contribution in [3.05, 3.63) is 70.0 Å². The molecule has 0 radical (unpaired) electrons. The number of rotatable bonds is 7. The zero-order valence-corrected chi connectivity index (χ0v) is 21.5. The Labute approximate surface area is 217 Å². The highest BCUT2D eigenvalue weighted by atomic mass is 19.1. The van der Waals surface area contributed by atoms with Crippen LogP contribution in [0.3, 0.4) is 0 Å². The van der Waals surface area contributed by atoms with Gasteiger partial charge in [-0.3, -0.25) is 4.79 Å². The molecule has 1 aliphatic heterocycles. The van der Waals surface area contributed by atoms with E-state index in [0.717, 1.165) is 35.4 Å². The highest BCUT2D eigenvalue weighted by Gasteiger charge is 2.38. The largest absolute Gasteiger partial charge is 0.384 e. The van der Waals surface area contributed by atoms with Gasteiger partial charge in [0.2, 0.25) is 0 Å². The average Bonchev–Trinajstić information content (AvgIpc) is 3.35. The summed E-state index contributed by atoms with van der Waals surface area (Å²) in [4.78, 5) is 18.8. The van der Waals surface area contributed by atoms with Crippen LogP contribution >= 0.6 is 0 Å². The summed E-state index contributed by atoms with van der Waals surface area (Å²) in [6.45, 7) is 3.25. The van der Waals surface area contributed by atoms with Crippen LogP contribution in [0.4, 0.5) is 4.39 Å². The minimum Gasteiger partial charge on any atom is -0.384 e. The number of nitrogens with one attached hydrogen (secondary N) is 1. The van der Waals surface area contributed by atoms with Crippen LogP contribution in [0, 0.1) is 19.3 Å². The maximum absolute atomic E-state index is 15.8. The second-order valence-corrected chi connectivity index (χ2v) is 10.2. The first-order valence-electron chi connectivity index (χ1n) is 13.0. The summed E-state index contributed by atoms with van der Waals surface area (Å²) >= 11 is 0. The summed E-state index contributed by atoms with van der Waals surface area (Å²) in [6, 6.07) is 11.2. The molecular formula is C30H33FN4O2. The summed E-state index contributed by atoms with van der Waals surface area (Å²) in [7, 11) is 1.66. The molecule has 192 valence electrons. The number of likely N-dealkylation sites (tertiary alicyclic amines) is 1. The van der Waals surface area contributed by atoms with Gasteiger partial charge in [0.15, 0.2) is 5.82 Å². The third-order valence-electron chi connectivity index (χ3n) is 7.92. The number of amides is 1. The van der Waals surface area contributed by atoms with Gasteiger partial charge in [-0.1, -0.05) is 30.5 Å². The molecule has 0 bridgehead atoms. The predicted octanol–water partition coefficient (Wildman–Crippen LogP) is 5.32. The summed E-state index contributed by atoms with van der Waals surface area (Å²) in [5.41, 5.74) is 3.61. The molecule has 2 aliphatic rings. The van der Waals surface area contributed by atoms with Crippen LogP contribution < -0.4 is 0 Å². The quantitative estimate of drug-likeness (QED) is 0.446. The molecule has 7 heteroatoms. The molecule has 2 aromatic carbocycles. The number of methoxy groups -OCH3 is 1. The molecule has 1 amide bonds. The SMILES string of the molecule is C#Cc1ccc(C2(F)CCN(C(=O)c3cc(-c4nnc(CCOC)[nH]4)c(C4CCC4)cc3C)CC2)cc1. The number of terminal acetylenes is 1.